The van der Waals surface area contributed by atoms with Crippen molar-refractivity contribution in [2.24, 2.45) is 0 Å². The second-order valence-corrected chi connectivity index (χ2v) is 0. The van der Waals surface area contributed by atoms with Crippen molar-refractivity contribution < 1.29 is 0 Å². The van der Waals surface area contributed by atoms with E-state index in [9.17, 15) is 0 Å². The van der Waals surface area contributed by atoms with Crippen LogP contribution >= 0.6 is 23.3 Å². The molecule has 0 N–H and O–H groups in total. The van der Waals surface area contributed by atoms with Crippen LogP contribution < -0.4 is 0 Å². The van der Waals surface area contributed by atoms with Crippen LogP contribution in [0.15, 0.2) is 0 Å². The molecule has 4 heteroatoms. The molecule has 0 atom stereocenters. The van der Waals surface area contributed by atoms with Crippen molar-refractivity contribution in [3.05, 3.63) is 0 Å². The summed E-state index contributed by atoms with van der Waals surface area (Å²) in [4.78, 5) is 0. The predicted octanol–water partition coefficient (Wildman–Crippen LogP) is -1.07. The molecule has 26 valence electrons. The zero-order valence-corrected chi connectivity index (χ0v) is 13.6. The zero-order valence-electron chi connectivity index (χ0n) is 2.31. The molecule has 4 radical (unpaired) electrons. The van der Waals surface area contributed by atoms with E-state index in [2.05, 4.69) is 23.3 Å². The van der Waals surface area contributed by atoms with Gasteiger partial charge in [-0.2, -0.15) is 0 Å². The summed E-state index contributed by atoms with van der Waals surface area (Å²) < 4.78 is 0. The minimum absolute atomic E-state index is 0. The SMILES string of the molecule is SS.[PbH2].[SnH2]. The molecule has 0 aromatic rings. The Hall–Kier alpha value is 2.42. The summed E-state index contributed by atoms with van der Waals surface area (Å²) in [5.41, 5.74) is 0. The Kier molecular flexibility index (Phi) is 72.9. The normalized spacial score (nSPS) is 1.50. The first-order chi connectivity index (χ1) is 1.00. The Morgan fingerprint density at radius 1 is 1.00 bits per heavy atom. The van der Waals surface area contributed by atoms with E-state index in [0.717, 1.165) is 0 Å². The van der Waals surface area contributed by atoms with Gasteiger partial charge in [0.1, 0.15) is 0 Å². The molecule has 0 heterocycles. The molecule has 0 aromatic heterocycles. The van der Waals surface area contributed by atoms with Crippen molar-refractivity contribution in [2.75, 3.05) is 0 Å². The van der Waals surface area contributed by atoms with E-state index in [4.69, 9.17) is 0 Å². The third-order valence-corrected chi connectivity index (χ3v) is 0. The van der Waals surface area contributed by atoms with E-state index in [1.807, 2.05) is 0 Å². The van der Waals surface area contributed by atoms with Crippen molar-refractivity contribution in [1.82, 2.24) is 0 Å². The Morgan fingerprint density at radius 3 is 1.00 bits per heavy atom. The van der Waals surface area contributed by atoms with Crippen molar-refractivity contribution in [2.45, 2.75) is 0 Å². The number of hydrogen-bond acceptors (Lipinski definition) is 2. The molecule has 0 aliphatic heterocycles. The van der Waals surface area contributed by atoms with Gasteiger partial charge in [-0.3, -0.25) is 0 Å². The third kappa shape index (κ3) is 8.83. The van der Waals surface area contributed by atoms with Crippen LogP contribution in [0.4, 0.5) is 0 Å². The second kappa shape index (κ2) is 18.1. The van der Waals surface area contributed by atoms with Crippen molar-refractivity contribution in [3.8, 4) is 0 Å². The molecule has 4 heavy (non-hydrogen) atoms. The summed E-state index contributed by atoms with van der Waals surface area (Å²) in [6, 6.07) is 0. The summed E-state index contributed by atoms with van der Waals surface area (Å²) in [7, 11) is 0. The average molecular weight is 396 g/mol. The van der Waals surface area contributed by atoms with Crippen LogP contribution in [0.5, 0.6) is 0 Å². The van der Waals surface area contributed by atoms with Gasteiger partial charge >= 0.3 is 51.2 Å². The standard InChI is InChI=1S/Pb.H2S2.Sn.4H/c;1-2;;;;;/h;1-2H;;;;;. The quantitative estimate of drug-likeness (QED) is 0.291. The number of thiol groups is 2. The molecule has 0 bridgehead atoms. The van der Waals surface area contributed by atoms with E-state index in [1.165, 1.54) is 0 Å². The van der Waals surface area contributed by atoms with E-state index >= 15 is 0 Å². The van der Waals surface area contributed by atoms with E-state index in [-0.39, 0.29) is 51.2 Å². The fraction of sp³-hybridized carbons (Fsp3) is 0. The molecule has 0 saturated heterocycles. The first-order valence-electron chi connectivity index (χ1n) is 0.200. The molecular formula is H6PbS2Sn. The number of hydrogen-bond donors (Lipinski definition) is 2. The molecule has 0 spiro atoms. The topological polar surface area (TPSA) is 0 Å². The van der Waals surface area contributed by atoms with Gasteiger partial charge in [-0.1, -0.05) is 0 Å². The van der Waals surface area contributed by atoms with E-state index in [1.54, 1.807) is 0 Å². The Bertz CT molecular complexity index is 6.00. The van der Waals surface area contributed by atoms with Gasteiger partial charge in [0.25, 0.3) is 0 Å². The van der Waals surface area contributed by atoms with Crippen LogP contribution in [0.2, 0.25) is 0 Å². The molecule has 0 fully saturated rings. The van der Waals surface area contributed by atoms with Crippen LogP contribution in [0.3, 0.4) is 0 Å². The fourth-order valence-corrected chi connectivity index (χ4v) is 0. The van der Waals surface area contributed by atoms with Gasteiger partial charge in [0, 0.05) is 0 Å². The Morgan fingerprint density at radius 2 is 1.00 bits per heavy atom. The molecule has 0 aliphatic carbocycles. The average Bonchev–Trinajstić information content (AvgIpc) is 1.00. The van der Waals surface area contributed by atoms with Gasteiger partial charge in [-0.05, 0) is 0 Å². The van der Waals surface area contributed by atoms with Gasteiger partial charge in [0.15, 0.2) is 0 Å². The van der Waals surface area contributed by atoms with E-state index in [0.29, 0.717) is 0 Å². The van der Waals surface area contributed by atoms with Crippen molar-refractivity contribution >= 4 is 74.5 Å². The summed E-state index contributed by atoms with van der Waals surface area (Å²) in [5.74, 6) is 0. The van der Waals surface area contributed by atoms with Gasteiger partial charge in [-0.15, -0.1) is 23.3 Å². The van der Waals surface area contributed by atoms with Gasteiger partial charge in [0.05, 0.1) is 0 Å². The minimum atomic E-state index is 0. The van der Waals surface area contributed by atoms with Crippen molar-refractivity contribution in [1.29, 1.82) is 0 Å². The van der Waals surface area contributed by atoms with Crippen LogP contribution in [0, 0.1) is 0 Å². The second-order valence-electron chi connectivity index (χ2n) is 0. The number of rotatable bonds is 0. The van der Waals surface area contributed by atoms with Crippen LogP contribution in [0.25, 0.3) is 0 Å². The predicted molar refractivity (Wildman–Crippen MR) is 35.1 cm³/mol. The summed E-state index contributed by atoms with van der Waals surface area (Å²) in [5, 5.41) is 0. The van der Waals surface area contributed by atoms with Crippen molar-refractivity contribution in [3.63, 3.8) is 0 Å². The van der Waals surface area contributed by atoms with Crippen LogP contribution in [-0.2, 0) is 0 Å². The molecule has 0 aliphatic rings. The first-order valence-corrected chi connectivity index (χ1v) is 1.80. The third-order valence-electron chi connectivity index (χ3n) is 0. The van der Waals surface area contributed by atoms with Crippen LogP contribution in [-0.4, -0.2) is 51.2 Å². The van der Waals surface area contributed by atoms with Gasteiger partial charge < -0.3 is 0 Å². The van der Waals surface area contributed by atoms with E-state index < -0.39 is 0 Å². The summed E-state index contributed by atoms with van der Waals surface area (Å²) in [6.07, 6.45) is 0. The molecule has 0 rings (SSSR count). The van der Waals surface area contributed by atoms with Crippen LogP contribution in [0.1, 0.15) is 0 Å². The molecule has 0 saturated carbocycles. The molecule has 0 amide bonds. The van der Waals surface area contributed by atoms with Gasteiger partial charge in [-0.25, -0.2) is 0 Å². The fourth-order valence-electron chi connectivity index (χ4n) is 0. The monoisotopic (exact) mass is 398 g/mol. The molecule has 0 nitrogen and oxygen atoms in total. The summed E-state index contributed by atoms with van der Waals surface area (Å²) in [6.45, 7) is 0. The molecule has 0 aromatic carbocycles. The molecule has 0 unspecified atom stereocenters. The summed E-state index contributed by atoms with van der Waals surface area (Å²) >= 11 is 6.44. The van der Waals surface area contributed by atoms with Gasteiger partial charge in [0.2, 0.25) is 0 Å². The molecular weight excluding hydrogens is 390 g/mol. The Balaban J connectivity index is -0.00000000500. The maximum absolute atomic E-state index is 3.22. The zero-order chi connectivity index (χ0) is 2.00. The maximum atomic E-state index is 3.22. The first kappa shape index (κ1) is 16.1. The Labute approximate surface area is 73.4 Å².